The number of rotatable bonds is 13. The molecule has 4 heteroatoms. The van der Waals surface area contributed by atoms with E-state index in [0.717, 1.165) is 37.1 Å². The highest BCUT2D eigenvalue weighted by atomic mass is 16.6. The highest BCUT2D eigenvalue weighted by molar-refractivity contribution is 5.45. The van der Waals surface area contributed by atoms with Crippen molar-refractivity contribution in [1.82, 2.24) is 4.98 Å². The molecular weight excluding hydrogens is 326 g/mol. The largest absolute Gasteiger partial charge is 0.396 e. The Labute approximate surface area is 157 Å². The quantitative estimate of drug-likeness (QED) is 0.307. The van der Waals surface area contributed by atoms with Gasteiger partial charge < -0.3 is 14.9 Å². The van der Waals surface area contributed by atoms with Crippen LogP contribution in [0.5, 0.6) is 0 Å². The molecule has 1 aromatic rings. The molecule has 3 atom stereocenters. The van der Waals surface area contributed by atoms with E-state index >= 15 is 0 Å². The summed E-state index contributed by atoms with van der Waals surface area (Å²) < 4.78 is 5.70. The minimum absolute atomic E-state index is 0.0815. The summed E-state index contributed by atoms with van der Waals surface area (Å²) in [7, 11) is 0. The van der Waals surface area contributed by atoms with Crippen molar-refractivity contribution in [2.45, 2.75) is 76.6 Å². The fourth-order valence-corrected chi connectivity index (χ4v) is 2.95. The summed E-state index contributed by atoms with van der Waals surface area (Å²) in [5.74, 6) is 0. The Balaban J connectivity index is 1.74. The van der Waals surface area contributed by atoms with Gasteiger partial charge in [-0.1, -0.05) is 44.1 Å². The zero-order valence-electron chi connectivity index (χ0n) is 15.9. The van der Waals surface area contributed by atoms with Gasteiger partial charge in [-0.05, 0) is 56.7 Å². The van der Waals surface area contributed by atoms with E-state index in [9.17, 15) is 5.11 Å². The third-order valence-corrected chi connectivity index (χ3v) is 4.57. The van der Waals surface area contributed by atoms with Crippen molar-refractivity contribution in [3.05, 3.63) is 47.8 Å². The van der Waals surface area contributed by atoms with Gasteiger partial charge in [-0.25, -0.2) is 0 Å². The third-order valence-electron chi connectivity index (χ3n) is 4.57. The minimum Gasteiger partial charge on any atom is -0.396 e. The number of ether oxygens (including phenoxy) is 1. The molecule has 144 valence electrons. The lowest BCUT2D eigenvalue weighted by Crippen LogP contribution is -2.00. The molecule has 2 heterocycles. The number of aliphatic hydroxyl groups is 2. The number of aliphatic hydroxyl groups excluding tert-OH is 2. The number of epoxide rings is 1. The summed E-state index contributed by atoms with van der Waals surface area (Å²) in [6.07, 6.45) is 16.0. The highest BCUT2D eigenvalue weighted by Crippen LogP contribution is 2.40. The number of nitrogens with zero attached hydrogens (tertiary/aromatic N) is 1. The van der Waals surface area contributed by atoms with Crippen LogP contribution in [0.1, 0.15) is 75.8 Å². The van der Waals surface area contributed by atoms with Gasteiger partial charge in [-0.2, -0.15) is 0 Å². The highest BCUT2D eigenvalue weighted by Gasteiger charge is 2.40. The number of hydrogen-bond donors (Lipinski definition) is 2. The van der Waals surface area contributed by atoms with Crippen LogP contribution in [0.2, 0.25) is 0 Å². The smallest absolute Gasteiger partial charge is 0.126 e. The summed E-state index contributed by atoms with van der Waals surface area (Å²) in [5, 5.41) is 18.9. The predicted octanol–water partition coefficient (Wildman–Crippen LogP) is 4.58. The van der Waals surface area contributed by atoms with Crippen molar-refractivity contribution in [1.29, 1.82) is 0 Å². The molecule has 1 aliphatic heterocycles. The first-order valence-electron chi connectivity index (χ1n) is 9.99. The second kappa shape index (κ2) is 12.0. The summed E-state index contributed by atoms with van der Waals surface area (Å²) in [6, 6.07) is 5.91. The normalized spacial score (nSPS) is 20.9. The minimum atomic E-state index is -0.480. The lowest BCUT2D eigenvalue weighted by Gasteiger charge is -2.02. The van der Waals surface area contributed by atoms with Gasteiger partial charge in [0, 0.05) is 6.61 Å². The molecule has 0 bridgehead atoms. The van der Waals surface area contributed by atoms with Gasteiger partial charge in [0.1, 0.15) is 6.10 Å². The van der Waals surface area contributed by atoms with Crippen LogP contribution in [-0.2, 0) is 4.74 Å². The topological polar surface area (TPSA) is 65.9 Å². The van der Waals surface area contributed by atoms with Crippen molar-refractivity contribution in [3.63, 3.8) is 0 Å². The molecule has 2 N–H and O–H groups in total. The van der Waals surface area contributed by atoms with Crippen LogP contribution in [0.15, 0.2) is 36.4 Å². The molecule has 0 aromatic carbocycles. The van der Waals surface area contributed by atoms with E-state index in [4.69, 9.17) is 9.84 Å². The molecule has 0 saturated carbocycles. The summed E-state index contributed by atoms with van der Waals surface area (Å²) in [4.78, 5) is 4.63. The van der Waals surface area contributed by atoms with Gasteiger partial charge >= 0.3 is 0 Å². The van der Waals surface area contributed by atoms with Crippen molar-refractivity contribution >= 4 is 6.08 Å². The zero-order chi connectivity index (χ0) is 18.6. The first kappa shape index (κ1) is 20.8. The summed E-state index contributed by atoms with van der Waals surface area (Å²) >= 11 is 0. The molecule has 3 unspecified atom stereocenters. The average Bonchev–Trinajstić information content (AvgIpc) is 3.43. The van der Waals surface area contributed by atoms with E-state index in [1.807, 2.05) is 24.3 Å². The molecule has 1 aromatic heterocycles. The van der Waals surface area contributed by atoms with Gasteiger partial charge in [0.15, 0.2) is 0 Å². The Morgan fingerprint density at radius 3 is 2.88 bits per heavy atom. The van der Waals surface area contributed by atoms with Gasteiger partial charge in [-0.15, -0.1) is 0 Å². The zero-order valence-corrected chi connectivity index (χ0v) is 15.9. The van der Waals surface area contributed by atoms with E-state index < -0.39 is 6.10 Å². The second-order valence-electron chi connectivity index (χ2n) is 6.93. The van der Waals surface area contributed by atoms with Crippen molar-refractivity contribution < 1.29 is 14.9 Å². The van der Waals surface area contributed by atoms with E-state index in [2.05, 4.69) is 24.1 Å². The summed E-state index contributed by atoms with van der Waals surface area (Å²) in [5.41, 5.74) is 1.80. The molecule has 4 nitrogen and oxygen atoms in total. The number of allylic oxidation sites excluding steroid dienone is 1. The summed E-state index contributed by atoms with van der Waals surface area (Å²) in [6.45, 7) is 2.44. The van der Waals surface area contributed by atoms with Crippen LogP contribution >= 0.6 is 0 Å². The molecule has 2 rings (SSSR count). The Kier molecular flexibility index (Phi) is 9.61. The monoisotopic (exact) mass is 359 g/mol. The lowest BCUT2D eigenvalue weighted by atomic mass is 10.1. The Morgan fingerprint density at radius 2 is 2.08 bits per heavy atom. The molecule has 1 aliphatic rings. The number of unbranched alkanes of at least 4 members (excludes halogenated alkanes) is 4. The Hall–Kier alpha value is -1.49. The van der Waals surface area contributed by atoms with E-state index in [0.29, 0.717) is 6.42 Å². The SMILES string of the molecule is CCCCC/C=C/CC(O)/C=C/c1cccc(C2OC2CCCCO)n1. The molecule has 0 aliphatic carbocycles. The molecule has 0 amide bonds. The third kappa shape index (κ3) is 7.81. The fourth-order valence-electron chi connectivity index (χ4n) is 2.95. The molecule has 1 fully saturated rings. The van der Waals surface area contributed by atoms with Crippen molar-refractivity contribution in [2.75, 3.05) is 6.61 Å². The average molecular weight is 360 g/mol. The predicted molar refractivity (Wildman–Crippen MR) is 106 cm³/mol. The second-order valence-corrected chi connectivity index (χ2v) is 6.93. The van der Waals surface area contributed by atoms with E-state index in [1.54, 1.807) is 6.08 Å². The van der Waals surface area contributed by atoms with Crippen LogP contribution in [-0.4, -0.2) is 34.0 Å². The van der Waals surface area contributed by atoms with Crippen LogP contribution in [0.3, 0.4) is 0 Å². The van der Waals surface area contributed by atoms with Gasteiger partial charge in [-0.3, -0.25) is 4.98 Å². The lowest BCUT2D eigenvalue weighted by molar-refractivity contribution is 0.227. The number of pyridine rings is 1. The number of aromatic nitrogens is 1. The first-order chi connectivity index (χ1) is 12.7. The number of hydrogen-bond acceptors (Lipinski definition) is 4. The standard InChI is InChI=1S/C22H33NO3/c1-2-3-4-5-6-7-12-19(25)16-15-18-11-10-13-20(23-18)22-21(26-22)14-8-9-17-24/h6-7,10-11,13,15-16,19,21-22,24-25H,2-5,8-9,12,14,17H2,1H3/b7-6+,16-15+. The maximum absolute atomic E-state index is 10.1. The van der Waals surface area contributed by atoms with Gasteiger partial charge in [0.2, 0.25) is 0 Å². The molecule has 0 spiro atoms. The fraction of sp³-hybridized carbons (Fsp3) is 0.591. The van der Waals surface area contributed by atoms with Crippen LogP contribution < -0.4 is 0 Å². The van der Waals surface area contributed by atoms with E-state index in [-0.39, 0.29) is 18.8 Å². The maximum atomic E-state index is 10.1. The van der Waals surface area contributed by atoms with Crippen molar-refractivity contribution in [2.24, 2.45) is 0 Å². The molecule has 0 radical (unpaired) electrons. The van der Waals surface area contributed by atoms with Crippen LogP contribution in [0, 0.1) is 0 Å². The van der Waals surface area contributed by atoms with Crippen molar-refractivity contribution in [3.8, 4) is 0 Å². The van der Waals surface area contributed by atoms with Gasteiger partial charge in [0.05, 0.1) is 23.6 Å². The Morgan fingerprint density at radius 1 is 1.19 bits per heavy atom. The van der Waals surface area contributed by atoms with Crippen LogP contribution in [0.4, 0.5) is 0 Å². The maximum Gasteiger partial charge on any atom is 0.126 e. The van der Waals surface area contributed by atoms with Crippen LogP contribution in [0.25, 0.3) is 6.08 Å². The van der Waals surface area contributed by atoms with E-state index in [1.165, 1.54) is 19.3 Å². The Bertz CT molecular complexity index is 570. The molecular formula is C22H33NO3. The first-order valence-corrected chi connectivity index (χ1v) is 9.99. The molecule has 1 saturated heterocycles. The molecule has 26 heavy (non-hydrogen) atoms. The van der Waals surface area contributed by atoms with Gasteiger partial charge in [0.25, 0.3) is 0 Å².